The number of aromatic nitrogens is 3. The minimum absolute atomic E-state index is 0.113. The van der Waals surface area contributed by atoms with Crippen molar-refractivity contribution in [3.63, 3.8) is 0 Å². The van der Waals surface area contributed by atoms with Crippen LogP contribution in [0.1, 0.15) is 11.1 Å². The van der Waals surface area contributed by atoms with Gasteiger partial charge in [-0.3, -0.25) is 10.1 Å². The first-order valence-electron chi connectivity index (χ1n) is 9.02. The average molecular weight is 408 g/mol. The number of fused-ring (bicyclic) bond motifs is 1. The zero-order valence-corrected chi connectivity index (χ0v) is 17.1. The Balaban J connectivity index is 1.46. The van der Waals surface area contributed by atoms with E-state index in [2.05, 4.69) is 15.4 Å². The molecule has 0 bridgehead atoms. The zero-order valence-electron chi connectivity index (χ0n) is 16.3. The van der Waals surface area contributed by atoms with Gasteiger partial charge in [-0.2, -0.15) is 4.98 Å². The van der Waals surface area contributed by atoms with Crippen LogP contribution in [0.5, 0.6) is 11.5 Å². The van der Waals surface area contributed by atoms with E-state index in [9.17, 15) is 4.79 Å². The van der Waals surface area contributed by atoms with Crippen molar-refractivity contribution in [1.29, 1.82) is 0 Å². The summed E-state index contributed by atoms with van der Waals surface area (Å²) in [6, 6.07) is 13.4. The number of anilines is 1. The molecule has 1 amide bonds. The highest BCUT2D eigenvalue weighted by Gasteiger charge is 2.14. The number of nitrogens with zero attached hydrogens (tertiary/aromatic N) is 3. The molecule has 2 heterocycles. The molecule has 0 saturated heterocycles. The second kappa shape index (κ2) is 7.92. The fourth-order valence-electron chi connectivity index (χ4n) is 2.83. The number of amides is 1. The van der Waals surface area contributed by atoms with Crippen LogP contribution in [-0.2, 0) is 4.79 Å². The first kappa shape index (κ1) is 18.9. The lowest BCUT2D eigenvalue weighted by Crippen LogP contribution is -2.21. The molecule has 29 heavy (non-hydrogen) atoms. The van der Waals surface area contributed by atoms with Gasteiger partial charge < -0.3 is 9.47 Å². The number of hydrogen-bond acceptors (Lipinski definition) is 6. The summed E-state index contributed by atoms with van der Waals surface area (Å²) in [5.41, 5.74) is 4.12. The smallest absolute Gasteiger partial charge is 0.264 e. The maximum Gasteiger partial charge on any atom is 0.264 e. The van der Waals surface area contributed by atoms with Gasteiger partial charge >= 0.3 is 0 Å². The molecule has 4 rings (SSSR count). The molecular formula is C21H20N4O3S. The van der Waals surface area contributed by atoms with Crippen molar-refractivity contribution in [3.05, 3.63) is 59.0 Å². The van der Waals surface area contributed by atoms with E-state index in [0.29, 0.717) is 10.7 Å². The molecule has 2 aromatic heterocycles. The molecule has 0 saturated carbocycles. The Hall–Kier alpha value is -3.39. The summed E-state index contributed by atoms with van der Waals surface area (Å²) in [6.07, 6.45) is 0. The Morgan fingerprint density at radius 2 is 2.00 bits per heavy atom. The number of methoxy groups -OCH3 is 1. The molecule has 0 aliphatic heterocycles. The van der Waals surface area contributed by atoms with Gasteiger partial charge in [0.1, 0.15) is 11.5 Å². The van der Waals surface area contributed by atoms with E-state index in [1.807, 2.05) is 61.7 Å². The monoisotopic (exact) mass is 408 g/mol. The Morgan fingerprint density at radius 1 is 1.14 bits per heavy atom. The zero-order chi connectivity index (χ0) is 20.4. The minimum Gasteiger partial charge on any atom is -0.497 e. The van der Waals surface area contributed by atoms with Gasteiger partial charge in [-0.05, 0) is 49.2 Å². The second-order valence-electron chi connectivity index (χ2n) is 6.57. The van der Waals surface area contributed by atoms with Crippen LogP contribution in [0.15, 0.2) is 47.8 Å². The molecule has 2 aromatic carbocycles. The van der Waals surface area contributed by atoms with Gasteiger partial charge in [0.2, 0.25) is 4.96 Å². The van der Waals surface area contributed by atoms with Crippen molar-refractivity contribution in [1.82, 2.24) is 14.6 Å². The highest BCUT2D eigenvalue weighted by molar-refractivity contribution is 7.15. The van der Waals surface area contributed by atoms with E-state index in [0.717, 1.165) is 22.6 Å². The van der Waals surface area contributed by atoms with Gasteiger partial charge in [0, 0.05) is 10.9 Å². The number of aryl methyl sites for hydroxylation is 2. The molecular weight excluding hydrogens is 388 g/mol. The van der Waals surface area contributed by atoms with Gasteiger partial charge in [-0.1, -0.05) is 18.2 Å². The quantitative estimate of drug-likeness (QED) is 0.520. The first-order chi connectivity index (χ1) is 14.0. The molecule has 0 spiro atoms. The third-order valence-corrected chi connectivity index (χ3v) is 5.36. The van der Waals surface area contributed by atoms with Crippen molar-refractivity contribution < 1.29 is 14.3 Å². The summed E-state index contributed by atoms with van der Waals surface area (Å²) < 4.78 is 12.6. The summed E-state index contributed by atoms with van der Waals surface area (Å²) in [4.78, 5) is 17.3. The topological polar surface area (TPSA) is 77.8 Å². The summed E-state index contributed by atoms with van der Waals surface area (Å²) >= 11 is 1.45. The molecule has 4 aromatic rings. The van der Waals surface area contributed by atoms with Crippen LogP contribution in [-0.4, -0.2) is 34.2 Å². The maximum absolute atomic E-state index is 12.2. The molecule has 1 N–H and O–H groups in total. The average Bonchev–Trinajstić information content (AvgIpc) is 3.29. The van der Waals surface area contributed by atoms with Gasteiger partial charge in [0.25, 0.3) is 11.9 Å². The Bertz CT molecular complexity index is 1180. The fourth-order valence-corrected chi connectivity index (χ4v) is 3.66. The summed E-state index contributed by atoms with van der Waals surface area (Å²) in [7, 11) is 1.63. The minimum atomic E-state index is -0.315. The normalized spacial score (nSPS) is 10.9. The number of thiazole rings is 1. The number of ether oxygens (including phenoxy) is 2. The molecule has 0 radical (unpaired) electrons. The predicted molar refractivity (Wildman–Crippen MR) is 113 cm³/mol. The standard InChI is InChI=1S/C21H20N4O3S/c1-13-7-8-17(9-14(13)2)28-11-19(26)22-20-23-21-25(24-20)18(12-29-21)15-5-4-6-16(10-15)27-3/h4-10,12H,11H2,1-3H3,(H,22,24,26). The number of carbonyl (C=O) groups is 1. The van der Waals surface area contributed by atoms with E-state index in [1.54, 1.807) is 11.6 Å². The van der Waals surface area contributed by atoms with Crippen molar-refractivity contribution in [2.24, 2.45) is 0 Å². The van der Waals surface area contributed by atoms with Gasteiger partial charge in [-0.25, -0.2) is 4.52 Å². The maximum atomic E-state index is 12.2. The SMILES string of the molecule is COc1cccc(-c2csc3nc(NC(=O)COc4ccc(C)c(C)c4)nn23)c1. The highest BCUT2D eigenvalue weighted by atomic mass is 32.1. The van der Waals surface area contributed by atoms with Gasteiger partial charge in [0.05, 0.1) is 12.8 Å². The number of rotatable bonds is 6. The van der Waals surface area contributed by atoms with Crippen LogP contribution in [0.4, 0.5) is 5.95 Å². The fraction of sp³-hybridized carbons (Fsp3) is 0.190. The van der Waals surface area contributed by atoms with Crippen LogP contribution in [0.25, 0.3) is 16.2 Å². The number of carbonyl (C=O) groups excluding carboxylic acids is 1. The molecule has 0 fully saturated rings. The van der Waals surface area contributed by atoms with E-state index >= 15 is 0 Å². The third-order valence-electron chi connectivity index (χ3n) is 4.55. The molecule has 0 aliphatic rings. The van der Waals surface area contributed by atoms with Crippen molar-refractivity contribution in [2.75, 3.05) is 19.0 Å². The number of benzene rings is 2. The van der Waals surface area contributed by atoms with Crippen molar-refractivity contribution >= 4 is 28.2 Å². The van der Waals surface area contributed by atoms with Gasteiger partial charge in [-0.15, -0.1) is 16.4 Å². The molecule has 148 valence electrons. The lowest BCUT2D eigenvalue weighted by Gasteiger charge is -2.07. The van der Waals surface area contributed by atoms with Crippen LogP contribution in [0.3, 0.4) is 0 Å². The summed E-state index contributed by atoms with van der Waals surface area (Å²) in [6.45, 7) is 3.92. The summed E-state index contributed by atoms with van der Waals surface area (Å²) in [5, 5.41) is 9.07. The van der Waals surface area contributed by atoms with Crippen LogP contribution >= 0.6 is 11.3 Å². The van der Waals surface area contributed by atoms with E-state index < -0.39 is 0 Å². The lowest BCUT2D eigenvalue weighted by molar-refractivity contribution is -0.118. The molecule has 0 aliphatic carbocycles. The van der Waals surface area contributed by atoms with Crippen LogP contribution in [0, 0.1) is 13.8 Å². The second-order valence-corrected chi connectivity index (χ2v) is 7.40. The van der Waals surface area contributed by atoms with Crippen LogP contribution in [0.2, 0.25) is 0 Å². The predicted octanol–water partition coefficient (Wildman–Crippen LogP) is 4.10. The number of hydrogen-bond donors (Lipinski definition) is 1. The molecule has 0 atom stereocenters. The van der Waals surface area contributed by atoms with E-state index in [4.69, 9.17) is 9.47 Å². The third kappa shape index (κ3) is 4.07. The van der Waals surface area contributed by atoms with Crippen molar-refractivity contribution in [3.8, 4) is 22.8 Å². The highest BCUT2D eigenvalue weighted by Crippen LogP contribution is 2.28. The van der Waals surface area contributed by atoms with E-state index in [1.165, 1.54) is 16.9 Å². The van der Waals surface area contributed by atoms with Gasteiger partial charge in [0.15, 0.2) is 6.61 Å². The lowest BCUT2D eigenvalue weighted by atomic mass is 10.1. The van der Waals surface area contributed by atoms with Crippen LogP contribution < -0.4 is 14.8 Å². The van der Waals surface area contributed by atoms with Crippen molar-refractivity contribution in [2.45, 2.75) is 13.8 Å². The summed E-state index contributed by atoms with van der Waals surface area (Å²) in [5.74, 6) is 1.35. The first-order valence-corrected chi connectivity index (χ1v) is 9.90. The Labute approximate surface area is 171 Å². The molecule has 0 unspecified atom stereocenters. The molecule has 7 nitrogen and oxygen atoms in total. The Morgan fingerprint density at radius 3 is 2.79 bits per heavy atom. The molecule has 8 heteroatoms. The van der Waals surface area contributed by atoms with E-state index in [-0.39, 0.29) is 18.5 Å². The Kier molecular flexibility index (Phi) is 5.18. The largest absolute Gasteiger partial charge is 0.497 e. The number of nitrogens with one attached hydrogen (secondary N) is 1.